The number of hydrogen-bond donors (Lipinski definition) is 0. The minimum absolute atomic E-state index is 0.0235. The second-order valence-corrected chi connectivity index (χ2v) is 10.8. The molecule has 200 valence electrons. The molecule has 2 aliphatic rings. The number of hydrogen-bond acceptors (Lipinski definition) is 4. The maximum atomic E-state index is 13.1. The Morgan fingerprint density at radius 3 is 1.95 bits per heavy atom. The topological polar surface area (TPSA) is 36.0 Å². The van der Waals surface area contributed by atoms with Crippen LogP contribution in [0.4, 0.5) is 5.69 Å². The monoisotopic (exact) mass is 511 g/mol. The minimum atomic E-state index is -0.0235. The van der Waals surface area contributed by atoms with Crippen molar-refractivity contribution in [1.82, 2.24) is 9.80 Å². The lowest BCUT2D eigenvalue weighted by atomic mass is 9.68. The van der Waals surface area contributed by atoms with Crippen molar-refractivity contribution in [2.24, 2.45) is 0 Å². The molecule has 3 aromatic carbocycles. The minimum Gasteiger partial charge on any atom is -0.491 e. The van der Waals surface area contributed by atoms with Crippen LogP contribution in [0.1, 0.15) is 43.2 Å². The quantitative estimate of drug-likeness (QED) is 0.351. The zero-order chi connectivity index (χ0) is 26.2. The number of unbranched alkanes of at least 4 members (excludes halogenated alkanes) is 1. The highest BCUT2D eigenvalue weighted by Gasteiger charge is 2.38. The van der Waals surface area contributed by atoms with Gasteiger partial charge in [-0.2, -0.15) is 0 Å². The number of ether oxygens (including phenoxy) is 1. The average Bonchev–Trinajstić information content (AvgIpc) is 2.98. The number of para-hydroxylation sites is 2. The van der Waals surface area contributed by atoms with E-state index < -0.39 is 0 Å². The number of piperazine rings is 1. The molecule has 0 unspecified atom stereocenters. The number of likely N-dealkylation sites (N-methyl/N-ethyl adjacent to an activating group) is 1. The van der Waals surface area contributed by atoms with Crippen molar-refractivity contribution in [2.75, 3.05) is 57.8 Å². The van der Waals surface area contributed by atoms with Gasteiger partial charge in [-0.05, 0) is 56.0 Å². The van der Waals surface area contributed by atoms with Crippen molar-refractivity contribution in [1.29, 1.82) is 0 Å². The van der Waals surface area contributed by atoms with E-state index >= 15 is 0 Å². The molecule has 0 spiro atoms. The molecule has 0 saturated carbocycles. The van der Waals surface area contributed by atoms with E-state index in [0.29, 0.717) is 13.0 Å². The molecule has 2 heterocycles. The van der Waals surface area contributed by atoms with Crippen molar-refractivity contribution in [3.8, 4) is 5.75 Å². The van der Waals surface area contributed by atoms with E-state index in [2.05, 4.69) is 101 Å². The van der Waals surface area contributed by atoms with Crippen LogP contribution in [-0.4, -0.2) is 68.6 Å². The van der Waals surface area contributed by atoms with E-state index in [0.717, 1.165) is 70.7 Å². The summed E-state index contributed by atoms with van der Waals surface area (Å²) in [5.41, 5.74) is 3.87. The van der Waals surface area contributed by atoms with E-state index in [9.17, 15) is 4.79 Å². The molecule has 2 saturated heterocycles. The van der Waals surface area contributed by atoms with Crippen molar-refractivity contribution in [3.63, 3.8) is 0 Å². The van der Waals surface area contributed by atoms with Gasteiger partial charge in [-0.1, -0.05) is 72.8 Å². The van der Waals surface area contributed by atoms with Gasteiger partial charge in [0, 0.05) is 51.1 Å². The second-order valence-electron chi connectivity index (χ2n) is 10.8. The third-order valence-corrected chi connectivity index (χ3v) is 8.37. The SMILES string of the molecule is CN1CCN(c2ccccc2OCCCCC(=O)N2CCC(c3ccccc3)(c3ccccc3)CC2)CC1. The average molecular weight is 512 g/mol. The molecular formula is C33H41N3O2. The molecule has 0 atom stereocenters. The Labute approximate surface area is 228 Å². The van der Waals surface area contributed by atoms with Crippen LogP contribution in [-0.2, 0) is 10.2 Å². The first kappa shape index (κ1) is 26.3. The molecule has 0 aromatic heterocycles. The maximum Gasteiger partial charge on any atom is 0.222 e. The number of anilines is 1. The predicted octanol–water partition coefficient (Wildman–Crippen LogP) is 5.60. The van der Waals surface area contributed by atoms with E-state index in [1.54, 1.807) is 0 Å². The van der Waals surface area contributed by atoms with Gasteiger partial charge in [0.05, 0.1) is 12.3 Å². The van der Waals surface area contributed by atoms with Crippen LogP contribution >= 0.6 is 0 Å². The van der Waals surface area contributed by atoms with Gasteiger partial charge in [0.1, 0.15) is 5.75 Å². The first-order chi connectivity index (χ1) is 18.7. The number of likely N-dealkylation sites (tertiary alicyclic amines) is 1. The number of carbonyl (C=O) groups is 1. The van der Waals surface area contributed by atoms with Gasteiger partial charge in [-0.25, -0.2) is 0 Å². The largest absolute Gasteiger partial charge is 0.491 e. The van der Waals surface area contributed by atoms with Crippen LogP contribution in [0.2, 0.25) is 0 Å². The molecule has 0 radical (unpaired) electrons. The highest BCUT2D eigenvalue weighted by atomic mass is 16.5. The Bertz CT molecular complexity index is 1110. The number of amides is 1. The van der Waals surface area contributed by atoms with Gasteiger partial charge < -0.3 is 19.4 Å². The first-order valence-corrected chi connectivity index (χ1v) is 14.2. The van der Waals surface area contributed by atoms with Crippen molar-refractivity contribution in [3.05, 3.63) is 96.1 Å². The lowest BCUT2D eigenvalue weighted by Gasteiger charge is -2.43. The Balaban J connectivity index is 1.10. The zero-order valence-electron chi connectivity index (χ0n) is 22.7. The highest BCUT2D eigenvalue weighted by molar-refractivity contribution is 5.76. The smallest absolute Gasteiger partial charge is 0.222 e. The van der Waals surface area contributed by atoms with Gasteiger partial charge in [0.25, 0.3) is 0 Å². The fraction of sp³-hybridized carbons (Fsp3) is 0.424. The molecule has 1 amide bonds. The third-order valence-electron chi connectivity index (χ3n) is 8.37. The van der Waals surface area contributed by atoms with Gasteiger partial charge in [-0.3, -0.25) is 4.79 Å². The number of rotatable bonds is 9. The lowest BCUT2D eigenvalue weighted by molar-refractivity contribution is -0.132. The van der Waals surface area contributed by atoms with E-state index in [1.165, 1.54) is 16.8 Å². The molecule has 2 aliphatic heterocycles. The highest BCUT2D eigenvalue weighted by Crippen LogP contribution is 2.41. The van der Waals surface area contributed by atoms with Crippen LogP contribution in [0.15, 0.2) is 84.9 Å². The van der Waals surface area contributed by atoms with Crippen molar-refractivity contribution < 1.29 is 9.53 Å². The fourth-order valence-corrected chi connectivity index (χ4v) is 6.00. The van der Waals surface area contributed by atoms with Gasteiger partial charge in [0.15, 0.2) is 0 Å². The molecule has 5 rings (SSSR count). The van der Waals surface area contributed by atoms with E-state index in [1.807, 2.05) is 6.07 Å². The van der Waals surface area contributed by atoms with E-state index in [-0.39, 0.29) is 11.3 Å². The van der Waals surface area contributed by atoms with Crippen molar-refractivity contribution in [2.45, 2.75) is 37.5 Å². The summed E-state index contributed by atoms with van der Waals surface area (Å²) >= 11 is 0. The third kappa shape index (κ3) is 6.05. The van der Waals surface area contributed by atoms with Crippen molar-refractivity contribution >= 4 is 11.6 Å². The van der Waals surface area contributed by atoms with Crippen LogP contribution in [0.3, 0.4) is 0 Å². The molecule has 2 fully saturated rings. The standard InChI is InChI=1S/C33H41N3O2/c1-34-23-25-35(26-24-34)30-16-8-9-17-31(30)38-27-11-10-18-32(37)36-21-19-33(20-22-36,28-12-4-2-5-13-28)29-14-6-3-7-15-29/h2-9,12-17H,10-11,18-27H2,1H3. The lowest BCUT2D eigenvalue weighted by Crippen LogP contribution is -2.45. The van der Waals surface area contributed by atoms with Gasteiger partial charge in [0.2, 0.25) is 5.91 Å². The molecule has 38 heavy (non-hydrogen) atoms. The summed E-state index contributed by atoms with van der Waals surface area (Å²) in [6.07, 6.45) is 4.24. The summed E-state index contributed by atoms with van der Waals surface area (Å²) in [5, 5.41) is 0. The number of nitrogens with zero attached hydrogens (tertiary/aromatic N) is 3. The Hall–Kier alpha value is -3.31. The number of piperidine rings is 1. The van der Waals surface area contributed by atoms with Crippen LogP contribution in [0.25, 0.3) is 0 Å². The summed E-state index contributed by atoms with van der Waals surface area (Å²) in [5.74, 6) is 1.23. The Morgan fingerprint density at radius 2 is 1.32 bits per heavy atom. The molecular weight excluding hydrogens is 470 g/mol. The van der Waals surface area contributed by atoms with Gasteiger partial charge >= 0.3 is 0 Å². The second kappa shape index (κ2) is 12.5. The number of carbonyl (C=O) groups excluding carboxylic acids is 1. The molecule has 0 N–H and O–H groups in total. The molecule has 0 aliphatic carbocycles. The van der Waals surface area contributed by atoms with E-state index in [4.69, 9.17) is 4.74 Å². The van der Waals surface area contributed by atoms with Crippen LogP contribution in [0.5, 0.6) is 5.75 Å². The summed E-state index contributed by atoms with van der Waals surface area (Å²) in [6.45, 7) is 6.45. The Kier molecular flexibility index (Phi) is 8.65. The summed E-state index contributed by atoms with van der Waals surface area (Å²) in [4.78, 5) is 19.9. The summed E-state index contributed by atoms with van der Waals surface area (Å²) in [7, 11) is 2.17. The molecule has 0 bridgehead atoms. The molecule has 5 heteroatoms. The first-order valence-electron chi connectivity index (χ1n) is 14.2. The zero-order valence-corrected chi connectivity index (χ0v) is 22.7. The molecule has 5 nitrogen and oxygen atoms in total. The summed E-state index contributed by atoms with van der Waals surface area (Å²) in [6, 6.07) is 30.0. The van der Waals surface area contributed by atoms with Crippen LogP contribution in [0, 0.1) is 0 Å². The Morgan fingerprint density at radius 1 is 0.737 bits per heavy atom. The predicted molar refractivity (Wildman–Crippen MR) is 155 cm³/mol. The number of benzene rings is 3. The fourth-order valence-electron chi connectivity index (χ4n) is 6.00. The van der Waals surface area contributed by atoms with Crippen LogP contribution < -0.4 is 9.64 Å². The normalized spacial score (nSPS) is 17.8. The molecule has 3 aromatic rings. The van der Waals surface area contributed by atoms with Gasteiger partial charge in [-0.15, -0.1) is 0 Å². The summed E-state index contributed by atoms with van der Waals surface area (Å²) < 4.78 is 6.19. The maximum absolute atomic E-state index is 13.1.